The third-order valence-electron chi connectivity index (χ3n) is 2.66. The van der Waals surface area contributed by atoms with E-state index in [-0.39, 0.29) is 0 Å². The van der Waals surface area contributed by atoms with Crippen LogP contribution in [-0.2, 0) is 4.74 Å². The molecule has 2 rings (SSSR count). The minimum Gasteiger partial charge on any atom is -0.388 e. The fourth-order valence-electron chi connectivity index (χ4n) is 1.78. The van der Waals surface area contributed by atoms with E-state index in [1.165, 1.54) is 0 Å². The average molecular weight is 194 g/mol. The molecule has 0 aromatic carbocycles. The van der Waals surface area contributed by atoms with Crippen LogP contribution in [0.15, 0.2) is 18.5 Å². The molecule has 0 radical (unpaired) electrons. The van der Waals surface area contributed by atoms with E-state index in [1.807, 2.05) is 6.07 Å². The Bertz CT molecular complexity index is 273. The molecule has 1 atom stereocenters. The quantitative estimate of drug-likeness (QED) is 0.761. The lowest BCUT2D eigenvalue weighted by molar-refractivity contribution is 0.00701. The zero-order valence-corrected chi connectivity index (χ0v) is 7.97. The molecule has 1 N–H and O–H groups in total. The van der Waals surface area contributed by atoms with E-state index in [9.17, 15) is 5.11 Å². The van der Waals surface area contributed by atoms with E-state index in [0.29, 0.717) is 5.92 Å². The van der Waals surface area contributed by atoms with Crippen molar-refractivity contribution in [2.45, 2.75) is 18.9 Å². The second-order valence-corrected chi connectivity index (χ2v) is 3.57. The maximum atomic E-state index is 10.0. The lowest BCUT2D eigenvalue weighted by Crippen LogP contribution is -2.22. The highest BCUT2D eigenvalue weighted by molar-refractivity contribution is 5.10. The predicted octanol–water partition coefficient (Wildman–Crippen LogP) is 0.937. The van der Waals surface area contributed by atoms with E-state index in [1.54, 1.807) is 12.4 Å². The second-order valence-electron chi connectivity index (χ2n) is 3.57. The van der Waals surface area contributed by atoms with Gasteiger partial charge in [-0.3, -0.25) is 0 Å². The highest BCUT2D eigenvalue weighted by Crippen LogP contribution is 2.28. The zero-order chi connectivity index (χ0) is 9.80. The largest absolute Gasteiger partial charge is 0.388 e. The van der Waals surface area contributed by atoms with Crippen molar-refractivity contribution in [1.82, 2.24) is 10.2 Å². The molecular weight excluding hydrogens is 180 g/mol. The topological polar surface area (TPSA) is 55.2 Å². The Balaban J connectivity index is 2.03. The first kappa shape index (κ1) is 9.55. The number of hydrogen-bond donors (Lipinski definition) is 1. The SMILES string of the molecule is OC(c1ccnnc1)C1CCOCC1. The van der Waals surface area contributed by atoms with Gasteiger partial charge in [0.2, 0.25) is 0 Å². The second kappa shape index (κ2) is 4.48. The highest BCUT2D eigenvalue weighted by Gasteiger charge is 2.23. The van der Waals surface area contributed by atoms with E-state index in [2.05, 4.69) is 10.2 Å². The van der Waals surface area contributed by atoms with E-state index in [4.69, 9.17) is 4.74 Å². The van der Waals surface area contributed by atoms with Gasteiger partial charge in [0.1, 0.15) is 0 Å². The Morgan fingerprint density at radius 1 is 1.36 bits per heavy atom. The van der Waals surface area contributed by atoms with Gasteiger partial charge in [-0.1, -0.05) is 0 Å². The summed E-state index contributed by atoms with van der Waals surface area (Å²) in [5.74, 6) is 0.299. The molecule has 14 heavy (non-hydrogen) atoms. The standard InChI is InChI=1S/C10H14N2O2/c13-10(8-2-5-14-6-3-8)9-1-4-11-12-7-9/h1,4,7-8,10,13H,2-3,5-6H2. The molecule has 0 aliphatic carbocycles. The molecule has 1 aliphatic rings. The first-order chi connectivity index (χ1) is 6.88. The number of aliphatic hydroxyl groups excluding tert-OH is 1. The van der Waals surface area contributed by atoms with Crippen molar-refractivity contribution in [1.29, 1.82) is 0 Å². The summed E-state index contributed by atoms with van der Waals surface area (Å²) < 4.78 is 5.25. The van der Waals surface area contributed by atoms with Crippen LogP contribution in [0.4, 0.5) is 0 Å². The molecule has 2 heterocycles. The van der Waals surface area contributed by atoms with Crippen molar-refractivity contribution in [3.8, 4) is 0 Å². The number of aliphatic hydroxyl groups is 1. The van der Waals surface area contributed by atoms with Gasteiger partial charge >= 0.3 is 0 Å². The monoisotopic (exact) mass is 194 g/mol. The molecule has 1 aromatic heterocycles. The summed E-state index contributed by atoms with van der Waals surface area (Å²) in [6, 6.07) is 1.81. The summed E-state index contributed by atoms with van der Waals surface area (Å²) in [5.41, 5.74) is 0.854. The van der Waals surface area contributed by atoms with Crippen LogP contribution < -0.4 is 0 Å². The van der Waals surface area contributed by atoms with Crippen LogP contribution in [0.2, 0.25) is 0 Å². The number of hydrogen-bond acceptors (Lipinski definition) is 4. The van der Waals surface area contributed by atoms with Crippen molar-refractivity contribution < 1.29 is 9.84 Å². The number of aromatic nitrogens is 2. The maximum absolute atomic E-state index is 10.0. The maximum Gasteiger partial charge on any atom is 0.0835 e. The van der Waals surface area contributed by atoms with Gasteiger partial charge in [-0.05, 0) is 24.8 Å². The molecule has 4 heteroatoms. The third kappa shape index (κ3) is 2.08. The molecule has 0 amide bonds. The molecule has 4 nitrogen and oxygen atoms in total. The molecule has 76 valence electrons. The third-order valence-corrected chi connectivity index (χ3v) is 2.66. The lowest BCUT2D eigenvalue weighted by Gasteiger charge is -2.26. The first-order valence-electron chi connectivity index (χ1n) is 4.90. The lowest BCUT2D eigenvalue weighted by atomic mass is 9.90. The summed E-state index contributed by atoms with van der Waals surface area (Å²) in [7, 11) is 0. The normalized spacial score (nSPS) is 20.6. The van der Waals surface area contributed by atoms with E-state index in [0.717, 1.165) is 31.6 Å². The van der Waals surface area contributed by atoms with Crippen molar-refractivity contribution in [2.75, 3.05) is 13.2 Å². The minimum atomic E-state index is -0.422. The van der Waals surface area contributed by atoms with Gasteiger partial charge in [0.15, 0.2) is 0 Å². The van der Waals surface area contributed by atoms with Gasteiger partial charge in [-0.25, -0.2) is 0 Å². The Labute approximate surface area is 82.9 Å². The molecule has 1 aromatic rings. The van der Waals surface area contributed by atoms with E-state index >= 15 is 0 Å². The summed E-state index contributed by atoms with van der Waals surface area (Å²) >= 11 is 0. The Hall–Kier alpha value is -1.00. The molecule has 0 bridgehead atoms. The molecule has 0 saturated carbocycles. The van der Waals surface area contributed by atoms with Gasteiger partial charge in [0.05, 0.1) is 12.3 Å². The van der Waals surface area contributed by atoms with Gasteiger partial charge in [0.25, 0.3) is 0 Å². The summed E-state index contributed by atoms with van der Waals surface area (Å²) in [6.45, 7) is 1.50. The van der Waals surface area contributed by atoms with Gasteiger partial charge in [-0.2, -0.15) is 10.2 Å². The van der Waals surface area contributed by atoms with Crippen molar-refractivity contribution >= 4 is 0 Å². The van der Waals surface area contributed by atoms with Crippen LogP contribution in [0.5, 0.6) is 0 Å². The molecule has 1 unspecified atom stereocenters. The van der Waals surface area contributed by atoms with Crippen LogP contribution in [0.25, 0.3) is 0 Å². The van der Waals surface area contributed by atoms with Crippen molar-refractivity contribution in [3.05, 3.63) is 24.0 Å². The summed E-state index contributed by atoms with van der Waals surface area (Å²) in [4.78, 5) is 0. The number of nitrogens with zero attached hydrogens (tertiary/aromatic N) is 2. The van der Waals surface area contributed by atoms with Crippen molar-refractivity contribution in [3.63, 3.8) is 0 Å². The van der Waals surface area contributed by atoms with Crippen LogP contribution in [0.3, 0.4) is 0 Å². The van der Waals surface area contributed by atoms with Gasteiger partial charge in [0, 0.05) is 25.0 Å². The number of rotatable bonds is 2. The zero-order valence-electron chi connectivity index (χ0n) is 7.97. The van der Waals surface area contributed by atoms with Crippen molar-refractivity contribution in [2.24, 2.45) is 5.92 Å². The van der Waals surface area contributed by atoms with Crippen LogP contribution in [0, 0.1) is 5.92 Å². The smallest absolute Gasteiger partial charge is 0.0835 e. The molecule has 0 spiro atoms. The molecule has 1 aliphatic heterocycles. The van der Waals surface area contributed by atoms with Crippen LogP contribution >= 0.6 is 0 Å². The summed E-state index contributed by atoms with van der Waals surface area (Å²) in [6.07, 6.45) is 4.65. The van der Waals surface area contributed by atoms with Gasteiger partial charge < -0.3 is 9.84 Å². The van der Waals surface area contributed by atoms with Crippen LogP contribution in [-0.4, -0.2) is 28.5 Å². The molecular formula is C10H14N2O2. The predicted molar refractivity (Wildman–Crippen MR) is 50.5 cm³/mol. The fraction of sp³-hybridized carbons (Fsp3) is 0.600. The fourth-order valence-corrected chi connectivity index (χ4v) is 1.78. The highest BCUT2D eigenvalue weighted by atomic mass is 16.5. The van der Waals surface area contributed by atoms with Gasteiger partial charge in [-0.15, -0.1) is 0 Å². The minimum absolute atomic E-state index is 0.299. The summed E-state index contributed by atoms with van der Waals surface area (Å²) in [5, 5.41) is 17.5. The number of ether oxygens (including phenoxy) is 1. The Kier molecular flexibility index (Phi) is 3.06. The molecule has 1 saturated heterocycles. The van der Waals surface area contributed by atoms with E-state index < -0.39 is 6.10 Å². The Morgan fingerprint density at radius 2 is 2.14 bits per heavy atom. The Morgan fingerprint density at radius 3 is 2.79 bits per heavy atom. The van der Waals surface area contributed by atoms with Crippen LogP contribution in [0.1, 0.15) is 24.5 Å². The average Bonchev–Trinajstić information content (AvgIpc) is 2.30. The molecule has 1 fully saturated rings. The first-order valence-corrected chi connectivity index (χ1v) is 4.90.